The highest BCUT2D eigenvalue weighted by Gasteiger charge is 2.22. The van der Waals surface area contributed by atoms with Gasteiger partial charge < -0.3 is 15.2 Å². The van der Waals surface area contributed by atoms with E-state index in [0.717, 1.165) is 29.0 Å². The van der Waals surface area contributed by atoms with Gasteiger partial charge in [-0.05, 0) is 26.0 Å². The molecule has 0 fully saturated rings. The largest absolute Gasteiger partial charge is 0.493 e. The van der Waals surface area contributed by atoms with Gasteiger partial charge in [-0.2, -0.15) is 0 Å². The van der Waals surface area contributed by atoms with Crippen molar-refractivity contribution >= 4 is 17.2 Å². The molecule has 0 radical (unpaired) electrons. The van der Waals surface area contributed by atoms with E-state index in [0.29, 0.717) is 11.6 Å². The van der Waals surface area contributed by atoms with E-state index >= 15 is 0 Å². The fourth-order valence-corrected chi connectivity index (χ4v) is 2.07. The minimum atomic E-state index is 0.214. The Labute approximate surface area is 101 Å². The maximum Gasteiger partial charge on any atom is 0.129 e. The van der Waals surface area contributed by atoms with Crippen molar-refractivity contribution in [3.8, 4) is 11.5 Å². The molecule has 16 heavy (non-hydrogen) atoms. The predicted octanol–water partition coefficient (Wildman–Crippen LogP) is 2.04. The van der Waals surface area contributed by atoms with E-state index in [9.17, 15) is 0 Å². The van der Waals surface area contributed by atoms with Crippen LogP contribution in [0.4, 0.5) is 0 Å². The van der Waals surface area contributed by atoms with Gasteiger partial charge in [0.15, 0.2) is 0 Å². The maximum absolute atomic E-state index is 5.67. The lowest BCUT2D eigenvalue weighted by Gasteiger charge is -2.11. The van der Waals surface area contributed by atoms with Crippen LogP contribution in [0, 0.1) is 0 Å². The average molecular weight is 237 g/mol. The third-order valence-corrected chi connectivity index (χ3v) is 2.78. The van der Waals surface area contributed by atoms with E-state index in [1.807, 2.05) is 26.0 Å². The van der Waals surface area contributed by atoms with Gasteiger partial charge in [0.2, 0.25) is 0 Å². The molecule has 0 amide bonds. The Kier molecular flexibility index (Phi) is 3.01. The summed E-state index contributed by atoms with van der Waals surface area (Å²) in [5.74, 6) is 1.63. The van der Waals surface area contributed by atoms with Crippen LogP contribution < -0.4 is 15.2 Å². The van der Waals surface area contributed by atoms with Gasteiger partial charge in [-0.3, -0.25) is 0 Å². The Morgan fingerprint density at radius 3 is 3.00 bits per heavy atom. The second-order valence-corrected chi connectivity index (χ2v) is 4.33. The fourth-order valence-electron chi connectivity index (χ4n) is 1.91. The highest BCUT2D eigenvalue weighted by molar-refractivity contribution is 7.80. The standard InChI is InChI=1S/C12H15NO2S/c1-3-14-11-5-8-4-7(2)15-10(8)6-9(11)12(13)16/h5-7H,3-4H2,1-2H3,(H2,13,16). The highest BCUT2D eigenvalue weighted by Crippen LogP contribution is 2.34. The van der Waals surface area contributed by atoms with Crippen LogP contribution in [0.1, 0.15) is 25.0 Å². The molecule has 1 heterocycles. The molecule has 2 rings (SSSR count). The Hall–Kier alpha value is -1.29. The molecular formula is C12H15NO2S. The quantitative estimate of drug-likeness (QED) is 0.817. The third kappa shape index (κ3) is 1.97. The third-order valence-electron chi connectivity index (χ3n) is 2.56. The molecule has 86 valence electrons. The SMILES string of the molecule is CCOc1cc2c(cc1C(N)=S)OC(C)C2. The van der Waals surface area contributed by atoms with Crippen molar-refractivity contribution in [2.24, 2.45) is 5.73 Å². The Morgan fingerprint density at radius 2 is 2.38 bits per heavy atom. The summed E-state index contributed by atoms with van der Waals surface area (Å²) >= 11 is 5.01. The summed E-state index contributed by atoms with van der Waals surface area (Å²) in [5.41, 5.74) is 7.59. The first-order chi connectivity index (χ1) is 7.61. The minimum absolute atomic E-state index is 0.214. The van der Waals surface area contributed by atoms with Crippen LogP contribution in [0.2, 0.25) is 0 Å². The molecule has 1 aromatic rings. The number of nitrogens with two attached hydrogens (primary N) is 1. The molecule has 0 bridgehead atoms. The fraction of sp³-hybridized carbons (Fsp3) is 0.417. The Morgan fingerprint density at radius 1 is 1.62 bits per heavy atom. The van der Waals surface area contributed by atoms with E-state index in [2.05, 4.69) is 0 Å². The summed E-state index contributed by atoms with van der Waals surface area (Å²) in [7, 11) is 0. The van der Waals surface area contributed by atoms with Crippen LogP contribution >= 0.6 is 12.2 Å². The molecule has 0 aliphatic carbocycles. The minimum Gasteiger partial charge on any atom is -0.493 e. The molecular weight excluding hydrogens is 222 g/mol. The number of hydrogen-bond donors (Lipinski definition) is 1. The van der Waals surface area contributed by atoms with Crippen molar-refractivity contribution in [2.45, 2.75) is 26.4 Å². The van der Waals surface area contributed by atoms with Gasteiger partial charge in [0.05, 0.1) is 12.2 Å². The van der Waals surface area contributed by atoms with E-state index in [4.69, 9.17) is 27.4 Å². The van der Waals surface area contributed by atoms with E-state index < -0.39 is 0 Å². The molecule has 0 saturated heterocycles. The maximum atomic E-state index is 5.67. The summed E-state index contributed by atoms with van der Waals surface area (Å²) in [5, 5.41) is 0. The molecule has 1 aromatic carbocycles. The van der Waals surface area contributed by atoms with E-state index in [1.165, 1.54) is 0 Å². The van der Waals surface area contributed by atoms with Crippen LogP contribution in [-0.4, -0.2) is 17.7 Å². The summed E-state index contributed by atoms with van der Waals surface area (Å²) in [4.78, 5) is 0.342. The molecule has 1 aliphatic heterocycles. The lowest BCUT2D eigenvalue weighted by atomic mass is 10.1. The molecule has 0 spiro atoms. The topological polar surface area (TPSA) is 44.5 Å². The number of benzene rings is 1. The zero-order valence-corrected chi connectivity index (χ0v) is 10.3. The van der Waals surface area contributed by atoms with Gasteiger partial charge in [0, 0.05) is 12.0 Å². The van der Waals surface area contributed by atoms with Crippen molar-refractivity contribution in [1.82, 2.24) is 0 Å². The molecule has 1 unspecified atom stereocenters. The lowest BCUT2D eigenvalue weighted by molar-refractivity contribution is 0.254. The Bertz CT molecular complexity index is 431. The average Bonchev–Trinajstić information content (AvgIpc) is 2.56. The second-order valence-electron chi connectivity index (χ2n) is 3.89. The van der Waals surface area contributed by atoms with Crippen LogP contribution in [0.15, 0.2) is 12.1 Å². The summed E-state index contributed by atoms with van der Waals surface area (Å²) in [6.07, 6.45) is 1.12. The smallest absolute Gasteiger partial charge is 0.129 e. The van der Waals surface area contributed by atoms with Gasteiger partial charge in [0.1, 0.15) is 22.6 Å². The van der Waals surface area contributed by atoms with Crippen molar-refractivity contribution < 1.29 is 9.47 Å². The second kappa shape index (κ2) is 4.29. The first-order valence-corrected chi connectivity index (χ1v) is 5.78. The number of rotatable bonds is 3. The van der Waals surface area contributed by atoms with Gasteiger partial charge in [-0.1, -0.05) is 12.2 Å². The van der Waals surface area contributed by atoms with Gasteiger partial charge in [0.25, 0.3) is 0 Å². The number of fused-ring (bicyclic) bond motifs is 1. The zero-order chi connectivity index (χ0) is 11.7. The van der Waals surface area contributed by atoms with Crippen LogP contribution in [0.5, 0.6) is 11.5 Å². The van der Waals surface area contributed by atoms with E-state index in [1.54, 1.807) is 0 Å². The van der Waals surface area contributed by atoms with Crippen LogP contribution in [0.3, 0.4) is 0 Å². The van der Waals surface area contributed by atoms with Crippen LogP contribution in [0.25, 0.3) is 0 Å². The van der Waals surface area contributed by atoms with Crippen LogP contribution in [-0.2, 0) is 6.42 Å². The number of hydrogen-bond acceptors (Lipinski definition) is 3. The number of thiocarbonyl (C=S) groups is 1. The van der Waals surface area contributed by atoms with Gasteiger partial charge in [-0.15, -0.1) is 0 Å². The van der Waals surface area contributed by atoms with Crippen molar-refractivity contribution in [3.63, 3.8) is 0 Å². The summed E-state index contributed by atoms with van der Waals surface area (Å²) < 4.78 is 11.2. The van der Waals surface area contributed by atoms with Gasteiger partial charge >= 0.3 is 0 Å². The molecule has 0 aromatic heterocycles. The highest BCUT2D eigenvalue weighted by atomic mass is 32.1. The summed E-state index contributed by atoms with van der Waals surface area (Å²) in [6.45, 7) is 4.58. The van der Waals surface area contributed by atoms with Crippen molar-refractivity contribution in [3.05, 3.63) is 23.3 Å². The summed E-state index contributed by atoms with van der Waals surface area (Å²) in [6, 6.07) is 3.86. The molecule has 4 heteroatoms. The predicted molar refractivity (Wildman–Crippen MR) is 67.3 cm³/mol. The van der Waals surface area contributed by atoms with Crippen molar-refractivity contribution in [1.29, 1.82) is 0 Å². The van der Waals surface area contributed by atoms with E-state index in [-0.39, 0.29) is 6.10 Å². The molecule has 0 saturated carbocycles. The molecule has 1 aliphatic rings. The van der Waals surface area contributed by atoms with Gasteiger partial charge in [-0.25, -0.2) is 0 Å². The first kappa shape index (κ1) is 11.2. The molecule has 3 nitrogen and oxygen atoms in total. The lowest BCUT2D eigenvalue weighted by Crippen LogP contribution is -2.12. The normalized spacial score (nSPS) is 17.8. The zero-order valence-electron chi connectivity index (χ0n) is 9.45. The number of ether oxygens (including phenoxy) is 2. The monoisotopic (exact) mass is 237 g/mol. The Balaban J connectivity index is 2.45. The van der Waals surface area contributed by atoms with Crippen molar-refractivity contribution in [2.75, 3.05) is 6.61 Å². The molecule has 2 N–H and O–H groups in total. The first-order valence-electron chi connectivity index (χ1n) is 5.38. The molecule has 1 atom stereocenters.